The van der Waals surface area contributed by atoms with Crippen molar-refractivity contribution in [2.45, 2.75) is 45.6 Å². The van der Waals surface area contributed by atoms with E-state index in [1.165, 1.54) is 12.8 Å². The van der Waals surface area contributed by atoms with Crippen LogP contribution in [0.1, 0.15) is 39.5 Å². The first-order valence-electron chi connectivity index (χ1n) is 4.55. The zero-order chi connectivity index (χ0) is 8.27. The Balaban J connectivity index is 2.39. The molecule has 1 rings (SSSR count). The number of carbonyl (C=O) groups is 1. The van der Waals surface area contributed by atoms with Gasteiger partial charge in [-0.25, -0.2) is 0 Å². The molecule has 0 unspecified atom stereocenters. The minimum atomic E-state index is 0.345. The number of hydrogen-bond acceptors (Lipinski definition) is 1. The summed E-state index contributed by atoms with van der Waals surface area (Å²) in [6.45, 7) is 5.18. The number of rotatable bonds is 2. The summed E-state index contributed by atoms with van der Waals surface area (Å²) in [5, 5.41) is 0. The van der Waals surface area contributed by atoms with Crippen LogP contribution in [-0.2, 0) is 4.79 Å². The summed E-state index contributed by atoms with van der Waals surface area (Å²) in [4.78, 5) is 13.4. The normalized spacial score (nSPS) is 24.2. The lowest BCUT2D eigenvalue weighted by molar-refractivity contribution is -0.131. The van der Waals surface area contributed by atoms with E-state index < -0.39 is 0 Å². The first-order valence-corrected chi connectivity index (χ1v) is 4.55. The van der Waals surface area contributed by atoms with Gasteiger partial charge in [-0.15, -0.1) is 0 Å². The third kappa shape index (κ3) is 1.95. The van der Waals surface area contributed by atoms with Crippen molar-refractivity contribution in [3.63, 3.8) is 0 Å². The molecule has 64 valence electrons. The number of nitrogens with zero attached hydrogens (tertiary/aromatic N) is 1. The molecular formula is C9H17NO. The second-order valence-electron chi connectivity index (χ2n) is 3.33. The standard InChI is InChI=1S/C9H17NO/c1-3-5-9(11)10-7-4-6-8(10)2/h8H,3-7H2,1-2H3/t8-/m0/s1. The van der Waals surface area contributed by atoms with E-state index in [-0.39, 0.29) is 0 Å². The summed E-state index contributed by atoms with van der Waals surface area (Å²) in [7, 11) is 0. The van der Waals surface area contributed by atoms with Crippen LogP contribution in [0.15, 0.2) is 0 Å². The van der Waals surface area contributed by atoms with E-state index in [1.807, 2.05) is 4.90 Å². The molecule has 1 aliphatic heterocycles. The highest BCUT2D eigenvalue weighted by Gasteiger charge is 2.23. The van der Waals surface area contributed by atoms with Gasteiger partial charge in [-0.3, -0.25) is 4.79 Å². The molecule has 1 fully saturated rings. The van der Waals surface area contributed by atoms with E-state index in [1.54, 1.807) is 0 Å². The minimum Gasteiger partial charge on any atom is -0.340 e. The topological polar surface area (TPSA) is 20.3 Å². The van der Waals surface area contributed by atoms with E-state index >= 15 is 0 Å². The molecule has 1 aliphatic rings. The van der Waals surface area contributed by atoms with Crippen molar-refractivity contribution >= 4 is 5.91 Å². The zero-order valence-electron chi connectivity index (χ0n) is 7.47. The lowest BCUT2D eigenvalue weighted by Crippen LogP contribution is -2.33. The predicted molar refractivity (Wildman–Crippen MR) is 45.3 cm³/mol. The lowest BCUT2D eigenvalue weighted by Gasteiger charge is -2.20. The van der Waals surface area contributed by atoms with Crippen LogP contribution in [0.5, 0.6) is 0 Å². The van der Waals surface area contributed by atoms with Gasteiger partial charge in [0.05, 0.1) is 0 Å². The second-order valence-corrected chi connectivity index (χ2v) is 3.33. The largest absolute Gasteiger partial charge is 0.340 e. The lowest BCUT2D eigenvalue weighted by atomic mass is 10.2. The summed E-state index contributed by atoms with van der Waals surface area (Å²) in [6, 6.07) is 0.494. The molecule has 0 radical (unpaired) electrons. The van der Waals surface area contributed by atoms with Crippen LogP contribution < -0.4 is 0 Å². The monoisotopic (exact) mass is 155 g/mol. The third-order valence-corrected chi connectivity index (χ3v) is 2.34. The molecule has 2 heteroatoms. The number of likely N-dealkylation sites (tertiary alicyclic amines) is 1. The number of carbonyl (C=O) groups excluding carboxylic acids is 1. The van der Waals surface area contributed by atoms with E-state index in [4.69, 9.17) is 0 Å². The Hall–Kier alpha value is -0.530. The fourth-order valence-electron chi connectivity index (χ4n) is 1.66. The van der Waals surface area contributed by atoms with Gasteiger partial charge in [0.1, 0.15) is 0 Å². The van der Waals surface area contributed by atoms with Crippen molar-refractivity contribution in [3.05, 3.63) is 0 Å². The van der Waals surface area contributed by atoms with Gasteiger partial charge in [-0.05, 0) is 26.2 Å². The highest BCUT2D eigenvalue weighted by atomic mass is 16.2. The fourth-order valence-corrected chi connectivity index (χ4v) is 1.66. The smallest absolute Gasteiger partial charge is 0.222 e. The summed E-state index contributed by atoms with van der Waals surface area (Å²) in [6.07, 6.45) is 4.08. The highest BCUT2D eigenvalue weighted by Crippen LogP contribution is 2.17. The van der Waals surface area contributed by atoms with Crippen LogP contribution in [0.4, 0.5) is 0 Å². The van der Waals surface area contributed by atoms with E-state index in [0.717, 1.165) is 19.4 Å². The van der Waals surface area contributed by atoms with Gasteiger partial charge in [-0.1, -0.05) is 6.92 Å². The van der Waals surface area contributed by atoms with Gasteiger partial charge in [0.2, 0.25) is 5.91 Å². The quantitative estimate of drug-likeness (QED) is 0.595. The van der Waals surface area contributed by atoms with Crippen molar-refractivity contribution in [2.24, 2.45) is 0 Å². The maximum absolute atomic E-state index is 11.4. The molecule has 1 saturated heterocycles. The van der Waals surface area contributed by atoms with Crippen molar-refractivity contribution in [2.75, 3.05) is 6.54 Å². The molecule has 2 nitrogen and oxygen atoms in total. The Morgan fingerprint density at radius 3 is 2.82 bits per heavy atom. The van der Waals surface area contributed by atoms with Crippen LogP contribution in [0, 0.1) is 0 Å². The summed E-state index contributed by atoms with van der Waals surface area (Å²) in [5.41, 5.74) is 0. The van der Waals surface area contributed by atoms with Gasteiger partial charge >= 0.3 is 0 Å². The van der Waals surface area contributed by atoms with E-state index in [2.05, 4.69) is 13.8 Å². The minimum absolute atomic E-state index is 0.345. The molecule has 0 bridgehead atoms. The molecule has 1 amide bonds. The predicted octanol–water partition coefficient (Wildman–Crippen LogP) is 1.80. The summed E-state index contributed by atoms with van der Waals surface area (Å²) in [5.74, 6) is 0.345. The molecule has 0 aromatic rings. The van der Waals surface area contributed by atoms with Crippen molar-refractivity contribution in [1.29, 1.82) is 0 Å². The molecule has 0 N–H and O–H groups in total. The van der Waals surface area contributed by atoms with Crippen LogP contribution in [-0.4, -0.2) is 23.4 Å². The molecule has 0 aromatic heterocycles. The molecule has 11 heavy (non-hydrogen) atoms. The van der Waals surface area contributed by atoms with Crippen molar-refractivity contribution in [1.82, 2.24) is 4.90 Å². The first-order chi connectivity index (χ1) is 5.25. The molecule has 0 spiro atoms. The maximum Gasteiger partial charge on any atom is 0.222 e. The van der Waals surface area contributed by atoms with Crippen LogP contribution in [0.3, 0.4) is 0 Å². The van der Waals surface area contributed by atoms with Gasteiger partial charge in [-0.2, -0.15) is 0 Å². The highest BCUT2D eigenvalue weighted by molar-refractivity contribution is 5.76. The molecule has 0 aromatic carbocycles. The van der Waals surface area contributed by atoms with Gasteiger partial charge in [0.25, 0.3) is 0 Å². The Morgan fingerprint density at radius 1 is 1.64 bits per heavy atom. The van der Waals surface area contributed by atoms with Crippen LogP contribution >= 0.6 is 0 Å². The fraction of sp³-hybridized carbons (Fsp3) is 0.889. The number of hydrogen-bond donors (Lipinski definition) is 0. The second kappa shape index (κ2) is 3.74. The van der Waals surface area contributed by atoms with Crippen LogP contribution in [0.25, 0.3) is 0 Å². The first kappa shape index (κ1) is 8.57. The average molecular weight is 155 g/mol. The van der Waals surface area contributed by atoms with Gasteiger partial charge < -0.3 is 4.90 Å². The molecular weight excluding hydrogens is 138 g/mol. The zero-order valence-corrected chi connectivity index (χ0v) is 7.47. The summed E-state index contributed by atoms with van der Waals surface area (Å²) < 4.78 is 0. The van der Waals surface area contributed by atoms with Crippen molar-refractivity contribution in [3.8, 4) is 0 Å². The maximum atomic E-state index is 11.4. The number of amides is 1. The third-order valence-electron chi connectivity index (χ3n) is 2.34. The molecule has 0 saturated carbocycles. The van der Waals surface area contributed by atoms with E-state index in [0.29, 0.717) is 11.9 Å². The Morgan fingerprint density at radius 2 is 2.36 bits per heavy atom. The Labute approximate surface area is 68.6 Å². The SMILES string of the molecule is CCCC(=O)N1CCC[C@@H]1C. The molecule has 1 atom stereocenters. The van der Waals surface area contributed by atoms with Crippen molar-refractivity contribution < 1.29 is 4.79 Å². The van der Waals surface area contributed by atoms with Gasteiger partial charge in [0, 0.05) is 19.0 Å². The summed E-state index contributed by atoms with van der Waals surface area (Å²) >= 11 is 0. The van der Waals surface area contributed by atoms with Crippen LogP contribution in [0.2, 0.25) is 0 Å². The Bertz CT molecular complexity index is 144. The Kier molecular flexibility index (Phi) is 2.92. The van der Waals surface area contributed by atoms with E-state index in [9.17, 15) is 4.79 Å². The molecule has 0 aliphatic carbocycles. The molecule has 1 heterocycles. The van der Waals surface area contributed by atoms with Gasteiger partial charge in [0.15, 0.2) is 0 Å². The average Bonchev–Trinajstić information content (AvgIpc) is 2.36.